The lowest BCUT2D eigenvalue weighted by Gasteiger charge is -2.19. The third-order valence-electron chi connectivity index (χ3n) is 4.04. The smallest absolute Gasteiger partial charge is 0.115 e. The first-order valence-corrected chi connectivity index (χ1v) is 8.06. The number of nitrogens with zero attached hydrogens (tertiary/aromatic N) is 3. The van der Waals surface area contributed by atoms with Gasteiger partial charge in [-0.3, -0.25) is 0 Å². The molecule has 0 aliphatic carbocycles. The van der Waals surface area contributed by atoms with Crippen LogP contribution in [-0.4, -0.2) is 26.2 Å². The van der Waals surface area contributed by atoms with Crippen molar-refractivity contribution in [2.45, 2.75) is 34.6 Å². The van der Waals surface area contributed by atoms with Crippen LogP contribution in [0.25, 0.3) is 0 Å². The van der Waals surface area contributed by atoms with Crippen LogP contribution in [0, 0.1) is 6.92 Å². The zero-order valence-electron chi connectivity index (χ0n) is 14.0. The van der Waals surface area contributed by atoms with E-state index in [0.717, 1.165) is 31.9 Å². The highest BCUT2D eigenvalue weighted by atomic mass is 15.2. The molecular weight excluding hydrogens is 258 g/mol. The topological polar surface area (TPSA) is 18.8 Å². The average molecular weight is 285 g/mol. The van der Waals surface area contributed by atoms with Crippen LogP contribution in [-0.2, 0) is 0 Å². The zero-order chi connectivity index (χ0) is 15.4. The summed E-state index contributed by atoms with van der Waals surface area (Å²) in [4.78, 5) is 9.67. The maximum absolute atomic E-state index is 4.87. The molecule has 0 saturated heterocycles. The number of hydrogen-bond donors (Lipinski definition) is 0. The molecule has 0 heterocycles. The molecule has 21 heavy (non-hydrogen) atoms. The number of rotatable bonds is 7. The van der Waals surface area contributed by atoms with Gasteiger partial charge in [0, 0.05) is 26.2 Å². The van der Waals surface area contributed by atoms with Gasteiger partial charge < -0.3 is 9.80 Å². The fourth-order valence-electron chi connectivity index (χ4n) is 2.69. The highest BCUT2D eigenvalue weighted by molar-refractivity contribution is 5.85. The summed E-state index contributed by atoms with van der Waals surface area (Å²) in [5.41, 5.74) is 4.99. The maximum Gasteiger partial charge on any atom is 0.115 e. The summed E-state index contributed by atoms with van der Waals surface area (Å²) < 4.78 is 0. The van der Waals surface area contributed by atoms with Gasteiger partial charge in [-0.15, -0.1) is 0 Å². The summed E-state index contributed by atoms with van der Waals surface area (Å²) in [6.45, 7) is 15.1. The molecule has 2 aromatic rings. The minimum absolute atomic E-state index is 1.03. The second kappa shape index (κ2) is 6.79. The van der Waals surface area contributed by atoms with Gasteiger partial charge in [-0.25, -0.2) is 4.99 Å². The van der Waals surface area contributed by atoms with E-state index in [0.29, 0.717) is 0 Å². The number of benzene rings is 1. The molecule has 0 radical (unpaired) electrons. The summed E-state index contributed by atoms with van der Waals surface area (Å²) >= 11 is 0. The van der Waals surface area contributed by atoms with Gasteiger partial charge in [0.1, 0.15) is 5.36 Å². The zero-order valence-corrected chi connectivity index (χ0v) is 14.0. The standard InChI is InChI=1S/C18H27N3/c1-6-20(7-2)17-16(18(17)21(8-3)9-4)19-15-12-10-14(5)11-13-15/h10-13H,6-9H2,1-5H3. The highest BCUT2D eigenvalue weighted by Gasteiger charge is 2.28. The Balaban J connectivity index is 2.39. The molecule has 2 aromatic carbocycles. The maximum atomic E-state index is 4.87. The molecule has 0 N–H and O–H groups in total. The molecule has 3 nitrogen and oxygen atoms in total. The molecule has 0 bridgehead atoms. The third kappa shape index (κ3) is 3.29. The van der Waals surface area contributed by atoms with Crippen LogP contribution >= 0.6 is 0 Å². The summed E-state index contributed by atoms with van der Waals surface area (Å²) in [6, 6.07) is 8.44. The minimum atomic E-state index is 1.03. The van der Waals surface area contributed by atoms with Crippen molar-refractivity contribution < 1.29 is 0 Å². The van der Waals surface area contributed by atoms with E-state index in [4.69, 9.17) is 4.99 Å². The molecule has 0 unspecified atom stereocenters. The highest BCUT2D eigenvalue weighted by Crippen LogP contribution is 2.33. The predicted molar refractivity (Wildman–Crippen MR) is 92.3 cm³/mol. The van der Waals surface area contributed by atoms with Crippen molar-refractivity contribution >= 4 is 17.1 Å². The van der Waals surface area contributed by atoms with Crippen molar-refractivity contribution in [1.82, 2.24) is 0 Å². The normalized spacial score (nSPS) is 10.9. The van der Waals surface area contributed by atoms with Crippen LogP contribution in [0.15, 0.2) is 29.3 Å². The first-order chi connectivity index (χ1) is 10.2. The van der Waals surface area contributed by atoms with E-state index in [1.807, 2.05) is 0 Å². The Morgan fingerprint density at radius 2 is 1.19 bits per heavy atom. The fraction of sp³-hybridized carbons (Fsp3) is 0.500. The SMILES string of the molecule is CCN(CC)c1c(N(CC)CC)c1=Nc1ccc(C)cc1. The second-order valence-electron chi connectivity index (χ2n) is 5.34. The Morgan fingerprint density at radius 1 is 0.762 bits per heavy atom. The Hall–Kier alpha value is -1.77. The van der Waals surface area contributed by atoms with Gasteiger partial charge >= 0.3 is 0 Å². The van der Waals surface area contributed by atoms with Gasteiger partial charge in [0.2, 0.25) is 0 Å². The predicted octanol–water partition coefficient (Wildman–Crippen LogP) is 3.80. The third-order valence-corrected chi connectivity index (χ3v) is 4.04. The summed E-state index contributed by atoms with van der Waals surface area (Å²) in [5.74, 6) is 0. The van der Waals surface area contributed by atoms with Crippen molar-refractivity contribution in [2.75, 3.05) is 36.0 Å². The molecular formula is C18H27N3. The largest absolute Gasteiger partial charge is 0.369 e. The van der Waals surface area contributed by atoms with Gasteiger partial charge in [-0.05, 0) is 46.8 Å². The van der Waals surface area contributed by atoms with E-state index >= 15 is 0 Å². The molecule has 2 rings (SSSR count). The van der Waals surface area contributed by atoms with Crippen LogP contribution in [0.5, 0.6) is 0 Å². The van der Waals surface area contributed by atoms with Crippen LogP contribution < -0.4 is 15.2 Å². The Labute approximate surface area is 128 Å². The Bertz CT molecular complexity index is 553. The molecule has 0 atom stereocenters. The minimum Gasteiger partial charge on any atom is -0.369 e. The van der Waals surface area contributed by atoms with Crippen molar-refractivity contribution in [1.29, 1.82) is 0 Å². The summed E-state index contributed by atoms with van der Waals surface area (Å²) in [6.07, 6.45) is 0. The number of hydrogen-bond acceptors (Lipinski definition) is 3. The number of anilines is 2. The molecule has 114 valence electrons. The van der Waals surface area contributed by atoms with E-state index in [1.54, 1.807) is 0 Å². The quantitative estimate of drug-likeness (QED) is 0.770. The lowest BCUT2D eigenvalue weighted by Crippen LogP contribution is -2.23. The molecule has 3 heteroatoms. The Morgan fingerprint density at radius 3 is 1.57 bits per heavy atom. The van der Waals surface area contributed by atoms with Gasteiger partial charge in [-0.1, -0.05) is 17.7 Å². The van der Waals surface area contributed by atoms with Crippen LogP contribution in [0.3, 0.4) is 0 Å². The lowest BCUT2D eigenvalue weighted by molar-refractivity contribution is 0.855. The first kappa shape index (κ1) is 15.6. The fourth-order valence-corrected chi connectivity index (χ4v) is 2.69. The lowest BCUT2D eigenvalue weighted by atomic mass is 10.2. The van der Waals surface area contributed by atoms with Gasteiger partial charge in [0.15, 0.2) is 0 Å². The van der Waals surface area contributed by atoms with E-state index in [-0.39, 0.29) is 0 Å². The summed E-state index contributed by atoms with van der Waals surface area (Å²) in [5, 5.41) is 1.17. The Kier molecular flexibility index (Phi) is 5.05. The van der Waals surface area contributed by atoms with E-state index in [1.165, 1.54) is 22.3 Å². The molecule has 0 aromatic heterocycles. The molecule has 0 fully saturated rings. The molecule has 0 spiro atoms. The van der Waals surface area contributed by atoms with Crippen LogP contribution in [0.4, 0.5) is 17.1 Å². The van der Waals surface area contributed by atoms with Crippen molar-refractivity contribution in [3.8, 4) is 0 Å². The monoisotopic (exact) mass is 285 g/mol. The molecule has 0 amide bonds. The van der Waals surface area contributed by atoms with Crippen LogP contribution in [0.2, 0.25) is 0 Å². The molecule has 0 saturated carbocycles. The van der Waals surface area contributed by atoms with E-state index in [9.17, 15) is 0 Å². The second-order valence-corrected chi connectivity index (χ2v) is 5.34. The molecule has 0 aliphatic heterocycles. The van der Waals surface area contributed by atoms with Crippen LogP contribution in [0.1, 0.15) is 33.3 Å². The van der Waals surface area contributed by atoms with E-state index in [2.05, 4.69) is 68.7 Å². The van der Waals surface area contributed by atoms with Crippen molar-refractivity contribution in [3.05, 3.63) is 35.2 Å². The number of aryl methyl sites for hydroxylation is 1. The van der Waals surface area contributed by atoms with E-state index < -0.39 is 0 Å². The van der Waals surface area contributed by atoms with Crippen molar-refractivity contribution in [3.63, 3.8) is 0 Å². The van der Waals surface area contributed by atoms with Gasteiger partial charge in [0.05, 0.1) is 17.1 Å². The van der Waals surface area contributed by atoms with Gasteiger partial charge in [0.25, 0.3) is 0 Å². The summed E-state index contributed by atoms with van der Waals surface area (Å²) in [7, 11) is 0. The molecule has 0 aliphatic rings. The average Bonchev–Trinajstić information content (AvgIpc) is 3.18. The first-order valence-electron chi connectivity index (χ1n) is 8.06. The van der Waals surface area contributed by atoms with Gasteiger partial charge in [-0.2, -0.15) is 0 Å². The van der Waals surface area contributed by atoms with Crippen molar-refractivity contribution in [2.24, 2.45) is 4.99 Å².